The fraction of sp³-hybridized carbons (Fsp3) is 0.667. The molecule has 0 unspecified atom stereocenters. The summed E-state index contributed by atoms with van der Waals surface area (Å²) < 4.78 is 100. The number of benzene rings is 1. The van der Waals surface area contributed by atoms with Crippen molar-refractivity contribution in [2.45, 2.75) is 31.2 Å². The van der Waals surface area contributed by atoms with Crippen molar-refractivity contribution in [1.82, 2.24) is 10.2 Å². The molecule has 2 heterocycles. The second-order valence-corrected chi connectivity index (χ2v) is 7.10. The Labute approximate surface area is 182 Å². The number of rotatable bonds is 3. The van der Waals surface area contributed by atoms with E-state index in [-0.39, 0.29) is 42.9 Å². The summed E-state index contributed by atoms with van der Waals surface area (Å²) in [6, 6.07) is -0.739. The van der Waals surface area contributed by atoms with Gasteiger partial charge in [0.05, 0.1) is 11.1 Å². The van der Waals surface area contributed by atoms with Gasteiger partial charge in [-0.1, -0.05) is 0 Å². The highest BCUT2D eigenvalue weighted by molar-refractivity contribution is 5.85. The smallest absolute Gasteiger partial charge is 0.381 e. The Morgan fingerprint density at radius 2 is 1.50 bits per heavy atom. The second-order valence-electron chi connectivity index (χ2n) is 7.10. The molecule has 174 valence electrons. The van der Waals surface area contributed by atoms with Gasteiger partial charge in [0, 0.05) is 51.0 Å². The molecule has 2 aliphatic heterocycles. The molecule has 0 amide bonds. The second kappa shape index (κ2) is 10.7. The topological polar surface area (TPSA) is 24.5 Å². The van der Waals surface area contributed by atoms with Crippen molar-refractivity contribution in [2.24, 2.45) is 5.92 Å². The van der Waals surface area contributed by atoms with E-state index in [0.29, 0.717) is 52.2 Å². The van der Waals surface area contributed by atoms with E-state index in [4.69, 9.17) is 4.74 Å². The lowest BCUT2D eigenvalue weighted by Gasteiger charge is -2.42. The molecule has 0 aliphatic carbocycles. The molecule has 3 nitrogen and oxygen atoms in total. The van der Waals surface area contributed by atoms with Crippen LogP contribution in [-0.4, -0.2) is 44.3 Å². The van der Waals surface area contributed by atoms with E-state index in [9.17, 15) is 30.7 Å². The van der Waals surface area contributed by atoms with Crippen LogP contribution < -0.4 is 5.32 Å². The zero-order valence-corrected chi connectivity index (χ0v) is 17.4. The number of alkyl halides is 6. The van der Waals surface area contributed by atoms with Crippen LogP contribution in [0.25, 0.3) is 0 Å². The Hall–Kier alpha value is -0.810. The van der Waals surface area contributed by atoms with E-state index >= 15 is 0 Å². The third-order valence-corrected chi connectivity index (χ3v) is 5.32. The Morgan fingerprint density at radius 3 is 2.00 bits per heavy atom. The molecule has 1 N–H and O–H groups in total. The van der Waals surface area contributed by atoms with E-state index in [0.717, 1.165) is 0 Å². The van der Waals surface area contributed by atoms with Gasteiger partial charge in [0.2, 0.25) is 0 Å². The Morgan fingerprint density at radius 1 is 0.933 bits per heavy atom. The van der Waals surface area contributed by atoms with Crippen LogP contribution in [0.4, 0.5) is 30.7 Å². The number of halogens is 9. The predicted octanol–water partition coefficient (Wildman–Crippen LogP) is 5.08. The lowest BCUT2D eigenvalue weighted by Crippen LogP contribution is -2.48. The van der Waals surface area contributed by atoms with Crippen LogP contribution in [0.5, 0.6) is 0 Å². The maximum atomic E-state index is 14.9. The summed E-state index contributed by atoms with van der Waals surface area (Å²) in [7, 11) is 0. The number of ether oxygens (including phenoxy) is 1. The zero-order chi connectivity index (χ0) is 20.5. The maximum Gasteiger partial charge on any atom is 0.416 e. The minimum absolute atomic E-state index is 0. The van der Waals surface area contributed by atoms with Crippen molar-refractivity contribution in [3.63, 3.8) is 0 Å². The fourth-order valence-corrected chi connectivity index (χ4v) is 4.02. The van der Waals surface area contributed by atoms with Crippen molar-refractivity contribution in [1.29, 1.82) is 0 Å². The Kier molecular flexibility index (Phi) is 9.69. The minimum atomic E-state index is -5.10. The van der Waals surface area contributed by atoms with Gasteiger partial charge < -0.3 is 10.1 Å². The Balaban J connectivity index is 0.00000225. The first kappa shape index (κ1) is 27.2. The van der Waals surface area contributed by atoms with Gasteiger partial charge in [-0.05, 0) is 30.9 Å². The average Bonchev–Trinajstić information content (AvgIpc) is 2.63. The van der Waals surface area contributed by atoms with Crippen molar-refractivity contribution in [3.8, 4) is 0 Å². The molecule has 3 rings (SSSR count). The molecule has 0 saturated carbocycles. The summed E-state index contributed by atoms with van der Waals surface area (Å²) in [5.74, 6) is -1.80. The van der Waals surface area contributed by atoms with Crippen LogP contribution in [0, 0.1) is 11.7 Å². The minimum Gasteiger partial charge on any atom is -0.381 e. The van der Waals surface area contributed by atoms with Crippen LogP contribution in [0.2, 0.25) is 0 Å². The SMILES string of the molecule is Cl.Cl.Fc1cc(C(F)(F)F)cc(C(F)(F)F)c1[C@@H](C1CCOCC1)N1CCNCC1. The lowest BCUT2D eigenvalue weighted by atomic mass is 9.82. The molecule has 1 aromatic rings. The van der Waals surface area contributed by atoms with Crippen LogP contribution in [0.1, 0.15) is 35.6 Å². The Bertz CT molecular complexity index is 670. The van der Waals surface area contributed by atoms with Crippen molar-refractivity contribution < 1.29 is 35.5 Å². The predicted molar refractivity (Wildman–Crippen MR) is 102 cm³/mol. The summed E-state index contributed by atoms with van der Waals surface area (Å²) in [6.45, 7) is 2.47. The molecule has 1 atom stereocenters. The highest BCUT2D eigenvalue weighted by Crippen LogP contribution is 2.45. The van der Waals surface area contributed by atoms with Gasteiger partial charge >= 0.3 is 12.4 Å². The van der Waals surface area contributed by atoms with Crippen LogP contribution >= 0.6 is 24.8 Å². The van der Waals surface area contributed by atoms with Gasteiger partial charge in [-0.3, -0.25) is 4.90 Å². The van der Waals surface area contributed by atoms with Crippen molar-refractivity contribution in [3.05, 3.63) is 34.6 Å². The molecule has 30 heavy (non-hydrogen) atoms. The van der Waals surface area contributed by atoms with Gasteiger partial charge in [0.15, 0.2) is 0 Å². The van der Waals surface area contributed by atoms with Gasteiger partial charge in [0.25, 0.3) is 0 Å². The molecule has 0 aromatic heterocycles. The van der Waals surface area contributed by atoms with Crippen LogP contribution in [0.3, 0.4) is 0 Å². The van der Waals surface area contributed by atoms with Gasteiger partial charge in [-0.15, -0.1) is 24.8 Å². The van der Waals surface area contributed by atoms with E-state index in [1.807, 2.05) is 0 Å². The molecular weight excluding hydrogens is 464 g/mol. The summed E-state index contributed by atoms with van der Waals surface area (Å²) >= 11 is 0. The summed E-state index contributed by atoms with van der Waals surface area (Å²) in [5, 5.41) is 3.08. The number of nitrogens with one attached hydrogen (secondary N) is 1. The number of piperazine rings is 1. The standard InChI is InChI=1S/C18H21F7N2O.2ClH/c19-14-10-12(17(20,21)22)9-13(18(23,24)25)15(14)16(11-1-7-28-8-2-11)27-5-3-26-4-6-27;;/h9-11,16,26H,1-8H2;2*1H/t16-;;/m1../s1. The third kappa shape index (κ3) is 6.12. The molecule has 2 saturated heterocycles. The number of hydrogen-bond acceptors (Lipinski definition) is 3. The third-order valence-electron chi connectivity index (χ3n) is 5.32. The van der Waals surface area contributed by atoms with Crippen molar-refractivity contribution >= 4 is 24.8 Å². The highest BCUT2D eigenvalue weighted by atomic mass is 35.5. The molecule has 2 aliphatic rings. The van der Waals surface area contributed by atoms with E-state index in [1.54, 1.807) is 4.90 Å². The lowest BCUT2D eigenvalue weighted by molar-refractivity contribution is -0.144. The zero-order valence-electron chi connectivity index (χ0n) is 15.8. The molecule has 0 radical (unpaired) electrons. The van der Waals surface area contributed by atoms with Gasteiger partial charge in [-0.25, -0.2) is 4.39 Å². The molecule has 12 heteroatoms. The highest BCUT2D eigenvalue weighted by Gasteiger charge is 2.44. The monoisotopic (exact) mass is 486 g/mol. The van der Waals surface area contributed by atoms with Crippen LogP contribution in [-0.2, 0) is 17.1 Å². The molecular formula is C18H23Cl2F7N2O. The molecule has 2 fully saturated rings. The largest absolute Gasteiger partial charge is 0.416 e. The fourth-order valence-electron chi connectivity index (χ4n) is 4.02. The summed E-state index contributed by atoms with van der Waals surface area (Å²) in [4.78, 5) is 1.74. The first-order chi connectivity index (χ1) is 13.1. The molecule has 1 aromatic carbocycles. The number of nitrogens with zero attached hydrogens (tertiary/aromatic N) is 1. The first-order valence-electron chi connectivity index (χ1n) is 9.09. The summed E-state index contributed by atoms with van der Waals surface area (Å²) in [6.07, 6.45) is -9.32. The average molecular weight is 487 g/mol. The first-order valence-corrected chi connectivity index (χ1v) is 9.09. The molecule has 0 spiro atoms. The van der Waals surface area contributed by atoms with E-state index < -0.39 is 40.9 Å². The maximum absolute atomic E-state index is 14.9. The van der Waals surface area contributed by atoms with E-state index in [2.05, 4.69) is 5.32 Å². The van der Waals surface area contributed by atoms with Gasteiger partial charge in [0.1, 0.15) is 5.82 Å². The van der Waals surface area contributed by atoms with Gasteiger partial charge in [-0.2, -0.15) is 26.3 Å². The van der Waals surface area contributed by atoms with Crippen molar-refractivity contribution in [2.75, 3.05) is 39.4 Å². The normalized spacial score (nSPS) is 20.2. The number of hydrogen-bond donors (Lipinski definition) is 1. The molecule has 0 bridgehead atoms. The quantitative estimate of drug-likeness (QED) is 0.603. The van der Waals surface area contributed by atoms with E-state index in [1.165, 1.54) is 0 Å². The summed E-state index contributed by atoms with van der Waals surface area (Å²) in [5.41, 5.74) is -3.86. The van der Waals surface area contributed by atoms with Crippen LogP contribution in [0.15, 0.2) is 12.1 Å².